The molecule has 3 rings (SSSR count). The van der Waals surface area contributed by atoms with E-state index in [9.17, 15) is 13.2 Å². The fourth-order valence-corrected chi connectivity index (χ4v) is 2.76. The van der Waals surface area contributed by atoms with Gasteiger partial charge >= 0.3 is 6.18 Å². The van der Waals surface area contributed by atoms with Gasteiger partial charge in [0.1, 0.15) is 4.64 Å². The Morgan fingerprint density at radius 3 is 2.52 bits per heavy atom. The van der Waals surface area contributed by atoms with Crippen LogP contribution < -0.4 is 0 Å². The normalized spacial score (nSPS) is 11.7. The van der Waals surface area contributed by atoms with Crippen LogP contribution in [-0.2, 0) is 12.6 Å². The molecule has 0 radical (unpaired) electrons. The molecule has 0 amide bonds. The van der Waals surface area contributed by atoms with Crippen LogP contribution in [-0.4, -0.2) is 15.0 Å². The van der Waals surface area contributed by atoms with E-state index in [0.717, 1.165) is 18.6 Å². The van der Waals surface area contributed by atoms with E-state index in [1.165, 1.54) is 6.07 Å². The zero-order chi connectivity index (χ0) is 18.0. The van der Waals surface area contributed by atoms with E-state index in [1.54, 1.807) is 24.4 Å². The smallest absolute Gasteiger partial charge is 0.255 e. The van der Waals surface area contributed by atoms with Gasteiger partial charge in [0.2, 0.25) is 0 Å². The maximum atomic E-state index is 13.1. The number of pyridine rings is 1. The van der Waals surface area contributed by atoms with Crippen LogP contribution in [0.2, 0.25) is 0 Å². The molecule has 0 saturated heterocycles. The molecule has 0 aliphatic heterocycles. The van der Waals surface area contributed by atoms with E-state index in [4.69, 9.17) is 12.2 Å². The molecule has 1 aromatic carbocycles. The summed E-state index contributed by atoms with van der Waals surface area (Å²) in [5.74, 6) is 0. The lowest BCUT2D eigenvalue weighted by molar-refractivity contribution is -0.137. The standard InChI is InChI=1S/C18H14F3N3S/c1-2-5-15-17(25)24-13-8-7-11(18(19,20)21)10-12(13)16(23-15)14-6-3-4-9-22-14/h3-4,6-10H,2,5H2,1H3. The van der Waals surface area contributed by atoms with E-state index < -0.39 is 11.7 Å². The predicted molar refractivity (Wildman–Crippen MR) is 92.6 cm³/mol. The van der Waals surface area contributed by atoms with E-state index >= 15 is 0 Å². The topological polar surface area (TPSA) is 38.7 Å². The summed E-state index contributed by atoms with van der Waals surface area (Å²) in [7, 11) is 0. The maximum absolute atomic E-state index is 13.1. The van der Waals surface area contributed by atoms with Gasteiger partial charge in [0.25, 0.3) is 0 Å². The van der Waals surface area contributed by atoms with E-state index in [0.29, 0.717) is 33.7 Å². The summed E-state index contributed by atoms with van der Waals surface area (Å²) < 4.78 is 39.7. The van der Waals surface area contributed by atoms with Crippen molar-refractivity contribution < 1.29 is 13.2 Å². The SMILES string of the molecule is CCCc1nc(-c2ccccn2)c2cc(C(F)(F)F)ccc2nc1=S. The summed E-state index contributed by atoms with van der Waals surface area (Å²) in [6.45, 7) is 1.98. The molecule has 0 aliphatic carbocycles. The lowest BCUT2D eigenvalue weighted by atomic mass is 10.1. The summed E-state index contributed by atoms with van der Waals surface area (Å²) in [5, 5.41) is 0.280. The number of nitrogens with zero attached hydrogens (tertiary/aromatic N) is 3. The molecule has 25 heavy (non-hydrogen) atoms. The van der Waals surface area contributed by atoms with Crippen molar-refractivity contribution in [3.05, 3.63) is 58.5 Å². The fourth-order valence-electron chi connectivity index (χ4n) is 2.51. The molecule has 0 N–H and O–H groups in total. The zero-order valence-corrected chi connectivity index (χ0v) is 14.2. The minimum absolute atomic E-state index is 0.280. The summed E-state index contributed by atoms with van der Waals surface area (Å²) in [4.78, 5) is 13.1. The number of hydrogen-bond acceptors (Lipinski definition) is 4. The molecule has 2 heterocycles. The minimum atomic E-state index is -4.45. The number of rotatable bonds is 3. The van der Waals surface area contributed by atoms with Crippen molar-refractivity contribution in [1.82, 2.24) is 15.0 Å². The van der Waals surface area contributed by atoms with Crippen molar-refractivity contribution in [2.24, 2.45) is 0 Å². The number of fused-ring (bicyclic) bond motifs is 1. The first kappa shape index (κ1) is 17.4. The van der Waals surface area contributed by atoms with E-state index in [2.05, 4.69) is 15.0 Å². The first-order chi connectivity index (χ1) is 11.9. The molecular formula is C18H14F3N3S. The third-order valence-corrected chi connectivity index (χ3v) is 4.02. The maximum Gasteiger partial charge on any atom is 0.416 e. The average molecular weight is 361 g/mol. The summed E-state index contributed by atoms with van der Waals surface area (Å²) >= 11 is 5.31. The highest BCUT2D eigenvalue weighted by atomic mass is 32.1. The highest BCUT2D eigenvalue weighted by Gasteiger charge is 2.31. The van der Waals surface area contributed by atoms with Gasteiger partial charge in [-0.15, -0.1) is 0 Å². The Morgan fingerprint density at radius 1 is 1.08 bits per heavy atom. The average Bonchev–Trinajstić information content (AvgIpc) is 2.72. The van der Waals surface area contributed by atoms with Crippen LogP contribution >= 0.6 is 12.2 Å². The first-order valence-corrected chi connectivity index (χ1v) is 8.14. The highest BCUT2D eigenvalue weighted by molar-refractivity contribution is 7.71. The number of alkyl halides is 3. The Hall–Kier alpha value is -2.41. The molecule has 128 valence electrons. The summed E-state index contributed by atoms with van der Waals surface area (Å²) in [6.07, 6.45) is -1.48. The molecular weight excluding hydrogens is 347 g/mol. The van der Waals surface area contributed by atoms with Gasteiger partial charge in [-0.1, -0.05) is 31.6 Å². The van der Waals surface area contributed by atoms with Gasteiger partial charge in [0.05, 0.1) is 28.2 Å². The quantitative estimate of drug-likeness (QED) is 0.586. The van der Waals surface area contributed by atoms with Crippen LogP contribution in [0.1, 0.15) is 24.6 Å². The predicted octanol–water partition coefficient (Wildman–Crippen LogP) is 5.39. The van der Waals surface area contributed by atoms with Gasteiger partial charge in [-0.2, -0.15) is 13.2 Å². The Labute approximate surface area is 147 Å². The molecule has 0 aliphatic rings. The number of benzene rings is 1. The van der Waals surface area contributed by atoms with Crippen molar-refractivity contribution in [1.29, 1.82) is 0 Å². The Bertz CT molecular complexity index is 973. The fraction of sp³-hybridized carbons (Fsp3) is 0.222. The second-order valence-corrected chi connectivity index (χ2v) is 5.91. The second-order valence-electron chi connectivity index (χ2n) is 5.52. The number of aromatic nitrogens is 3. The van der Waals surface area contributed by atoms with Crippen molar-refractivity contribution in [3.63, 3.8) is 0 Å². The van der Waals surface area contributed by atoms with Crippen molar-refractivity contribution >= 4 is 23.1 Å². The van der Waals surface area contributed by atoms with Gasteiger partial charge in [-0.25, -0.2) is 9.97 Å². The lowest BCUT2D eigenvalue weighted by Gasteiger charge is -2.08. The summed E-state index contributed by atoms with van der Waals surface area (Å²) in [5.41, 5.74) is 1.04. The van der Waals surface area contributed by atoms with Crippen molar-refractivity contribution in [2.75, 3.05) is 0 Å². The number of aryl methyl sites for hydroxylation is 1. The zero-order valence-electron chi connectivity index (χ0n) is 13.3. The molecule has 2 aromatic heterocycles. The Balaban J connectivity index is 2.43. The van der Waals surface area contributed by atoms with E-state index in [1.807, 2.05) is 6.92 Å². The number of halogens is 3. The molecule has 0 fully saturated rings. The summed E-state index contributed by atoms with van der Waals surface area (Å²) in [6, 6.07) is 8.60. The molecule has 0 spiro atoms. The highest BCUT2D eigenvalue weighted by Crippen LogP contribution is 2.33. The van der Waals surface area contributed by atoms with Crippen LogP contribution in [0, 0.1) is 4.64 Å². The second kappa shape index (κ2) is 6.84. The van der Waals surface area contributed by atoms with Gasteiger partial charge in [-0.3, -0.25) is 4.98 Å². The lowest BCUT2D eigenvalue weighted by Crippen LogP contribution is -2.04. The van der Waals surface area contributed by atoms with Crippen LogP contribution in [0.25, 0.3) is 22.3 Å². The van der Waals surface area contributed by atoms with Gasteiger partial charge in [0, 0.05) is 11.6 Å². The van der Waals surface area contributed by atoms with Gasteiger partial charge in [0.15, 0.2) is 0 Å². The monoisotopic (exact) mass is 361 g/mol. The minimum Gasteiger partial charge on any atom is -0.255 e. The molecule has 3 aromatic rings. The van der Waals surface area contributed by atoms with Gasteiger partial charge < -0.3 is 0 Å². The molecule has 3 nitrogen and oxygen atoms in total. The van der Waals surface area contributed by atoms with Crippen LogP contribution in [0.5, 0.6) is 0 Å². The van der Waals surface area contributed by atoms with Gasteiger partial charge in [-0.05, 0) is 36.8 Å². The van der Waals surface area contributed by atoms with Crippen LogP contribution in [0.3, 0.4) is 0 Å². The number of hydrogen-bond donors (Lipinski definition) is 0. The van der Waals surface area contributed by atoms with Crippen molar-refractivity contribution in [2.45, 2.75) is 25.9 Å². The molecule has 0 saturated carbocycles. The first-order valence-electron chi connectivity index (χ1n) is 7.73. The van der Waals surface area contributed by atoms with E-state index in [-0.39, 0.29) is 5.39 Å². The largest absolute Gasteiger partial charge is 0.416 e. The Kier molecular flexibility index (Phi) is 4.76. The molecule has 0 atom stereocenters. The molecule has 0 unspecified atom stereocenters. The third kappa shape index (κ3) is 3.66. The molecule has 7 heteroatoms. The Morgan fingerprint density at radius 2 is 1.88 bits per heavy atom. The molecule has 0 bridgehead atoms. The van der Waals surface area contributed by atoms with Crippen molar-refractivity contribution in [3.8, 4) is 11.4 Å². The van der Waals surface area contributed by atoms with Crippen LogP contribution in [0.4, 0.5) is 13.2 Å². The third-order valence-electron chi connectivity index (χ3n) is 3.69. The van der Waals surface area contributed by atoms with Crippen LogP contribution in [0.15, 0.2) is 42.6 Å².